The topological polar surface area (TPSA) is 36.0 Å². The van der Waals surface area contributed by atoms with Crippen LogP contribution in [0.25, 0.3) is 0 Å². The molecule has 62 valence electrons. The Hall–Kier alpha value is -0.760. The maximum absolute atomic E-state index is 9.56. The van der Waals surface area contributed by atoms with E-state index in [2.05, 4.69) is 18.8 Å². The zero-order valence-corrected chi connectivity index (χ0v) is 7.04. The van der Waals surface area contributed by atoms with Crippen LogP contribution in [0.2, 0.25) is 0 Å². The largest absolute Gasteiger partial charge is 0.388 e. The molecule has 11 heavy (non-hydrogen) atoms. The summed E-state index contributed by atoms with van der Waals surface area (Å²) in [5.74, 6) is 0.542. The standard InChI is InChI=1S/C9H15NO/c1-7(2)5-9(11)8-3-4-10-6-8/h3-4,6-7,9-11H,5H2,1-2H3. The van der Waals surface area contributed by atoms with Crippen molar-refractivity contribution in [2.75, 3.05) is 0 Å². The molecule has 0 fully saturated rings. The van der Waals surface area contributed by atoms with Crippen LogP contribution in [0.5, 0.6) is 0 Å². The zero-order chi connectivity index (χ0) is 8.27. The number of nitrogens with one attached hydrogen (secondary N) is 1. The molecular weight excluding hydrogens is 138 g/mol. The molecule has 1 unspecified atom stereocenters. The van der Waals surface area contributed by atoms with Gasteiger partial charge in [-0.05, 0) is 24.0 Å². The van der Waals surface area contributed by atoms with Crippen molar-refractivity contribution in [2.24, 2.45) is 5.92 Å². The van der Waals surface area contributed by atoms with E-state index in [1.54, 1.807) is 0 Å². The van der Waals surface area contributed by atoms with Gasteiger partial charge in [0.15, 0.2) is 0 Å². The summed E-state index contributed by atoms with van der Waals surface area (Å²) < 4.78 is 0. The van der Waals surface area contributed by atoms with Crippen LogP contribution < -0.4 is 0 Å². The fourth-order valence-electron chi connectivity index (χ4n) is 1.13. The Morgan fingerprint density at radius 1 is 1.55 bits per heavy atom. The fourth-order valence-corrected chi connectivity index (χ4v) is 1.13. The lowest BCUT2D eigenvalue weighted by atomic mass is 10.0. The number of aliphatic hydroxyl groups excluding tert-OH is 1. The molecule has 0 saturated carbocycles. The number of H-pyrrole nitrogens is 1. The molecule has 0 aromatic carbocycles. The quantitative estimate of drug-likeness (QED) is 0.685. The van der Waals surface area contributed by atoms with Crippen LogP contribution in [-0.2, 0) is 0 Å². The van der Waals surface area contributed by atoms with Crippen LogP contribution in [-0.4, -0.2) is 10.1 Å². The second kappa shape index (κ2) is 3.58. The lowest BCUT2D eigenvalue weighted by molar-refractivity contribution is 0.151. The lowest BCUT2D eigenvalue weighted by Crippen LogP contribution is -2.00. The highest BCUT2D eigenvalue weighted by Crippen LogP contribution is 2.19. The Balaban J connectivity index is 2.49. The molecule has 2 heteroatoms. The minimum atomic E-state index is -0.304. The number of aromatic nitrogens is 1. The van der Waals surface area contributed by atoms with Crippen LogP contribution in [0.3, 0.4) is 0 Å². The third-order valence-corrected chi connectivity index (χ3v) is 1.70. The first-order chi connectivity index (χ1) is 5.20. The zero-order valence-electron chi connectivity index (χ0n) is 7.04. The average molecular weight is 153 g/mol. The summed E-state index contributed by atoms with van der Waals surface area (Å²) in [5.41, 5.74) is 0.985. The van der Waals surface area contributed by atoms with E-state index in [4.69, 9.17) is 0 Å². The number of hydrogen-bond donors (Lipinski definition) is 2. The maximum atomic E-state index is 9.56. The number of hydrogen-bond acceptors (Lipinski definition) is 1. The number of aliphatic hydroxyl groups is 1. The Bertz CT molecular complexity index is 191. The van der Waals surface area contributed by atoms with Crippen LogP contribution in [0.1, 0.15) is 31.9 Å². The van der Waals surface area contributed by atoms with Crippen LogP contribution >= 0.6 is 0 Å². The molecule has 1 rings (SSSR count). The van der Waals surface area contributed by atoms with Crippen molar-refractivity contribution in [3.8, 4) is 0 Å². The highest BCUT2D eigenvalue weighted by molar-refractivity contribution is 5.11. The summed E-state index contributed by atoms with van der Waals surface area (Å²) in [7, 11) is 0. The van der Waals surface area contributed by atoms with Gasteiger partial charge in [-0.3, -0.25) is 0 Å². The first-order valence-electron chi connectivity index (χ1n) is 4.01. The molecular formula is C9H15NO. The van der Waals surface area contributed by atoms with Gasteiger partial charge >= 0.3 is 0 Å². The highest BCUT2D eigenvalue weighted by Gasteiger charge is 2.08. The molecule has 1 heterocycles. The van der Waals surface area contributed by atoms with Gasteiger partial charge < -0.3 is 10.1 Å². The molecule has 0 aliphatic rings. The molecule has 0 amide bonds. The Morgan fingerprint density at radius 3 is 2.73 bits per heavy atom. The fraction of sp³-hybridized carbons (Fsp3) is 0.556. The molecule has 0 aliphatic heterocycles. The van der Waals surface area contributed by atoms with Crippen LogP contribution in [0, 0.1) is 5.92 Å². The summed E-state index contributed by atoms with van der Waals surface area (Å²) in [6.45, 7) is 4.21. The van der Waals surface area contributed by atoms with Crippen molar-refractivity contribution in [3.05, 3.63) is 24.0 Å². The second-order valence-electron chi connectivity index (χ2n) is 3.29. The predicted octanol–water partition coefficient (Wildman–Crippen LogP) is 2.09. The van der Waals surface area contributed by atoms with E-state index in [-0.39, 0.29) is 6.10 Å². The van der Waals surface area contributed by atoms with E-state index >= 15 is 0 Å². The van der Waals surface area contributed by atoms with E-state index < -0.39 is 0 Å². The molecule has 1 aromatic heterocycles. The smallest absolute Gasteiger partial charge is 0.0807 e. The molecule has 0 aliphatic carbocycles. The number of rotatable bonds is 3. The van der Waals surface area contributed by atoms with Crippen molar-refractivity contribution in [1.82, 2.24) is 4.98 Å². The van der Waals surface area contributed by atoms with Gasteiger partial charge in [0.25, 0.3) is 0 Å². The first kappa shape index (κ1) is 8.34. The van der Waals surface area contributed by atoms with Crippen LogP contribution in [0.15, 0.2) is 18.5 Å². The Morgan fingerprint density at radius 2 is 2.27 bits per heavy atom. The Kier molecular flexibility index (Phi) is 2.71. The molecule has 0 spiro atoms. The summed E-state index contributed by atoms with van der Waals surface area (Å²) in [5, 5.41) is 9.56. The molecule has 0 bridgehead atoms. The lowest BCUT2D eigenvalue weighted by Gasteiger charge is -2.10. The van der Waals surface area contributed by atoms with Gasteiger partial charge in [0.05, 0.1) is 6.10 Å². The van der Waals surface area contributed by atoms with Crippen molar-refractivity contribution >= 4 is 0 Å². The molecule has 1 aromatic rings. The molecule has 2 nitrogen and oxygen atoms in total. The third-order valence-electron chi connectivity index (χ3n) is 1.70. The summed E-state index contributed by atoms with van der Waals surface area (Å²) in [6.07, 6.45) is 4.20. The minimum Gasteiger partial charge on any atom is -0.388 e. The summed E-state index contributed by atoms with van der Waals surface area (Å²) in [6, 6.07) is 1.91. The van der Waals surface area contributed by atoms with Crippen molar-refractivity contribution < 1.29 is 5.11 Å². The highest BCUT2D eigenvalue weighted by atomic mass is 16.3. The third kappa shape index (κ3) is 2.39. The van der Waals surface area contributed by atoms with Gasteiger partial charge in [-0.25, -0.2) is 0 Å². The SMILES string of the molecule is CC(C)CC(O)c1cc[nH]c1. The van der Waals surface area contributed by atoms with E-state index in [1.807, 2.05) is 18.5 Å². The van der Waals surface area contributed by atoms with Crippen LogP contribution in [0.4, 0.5) is 0 Å². The Labute approximate surface area is 67.3 Å². The molecule has 2 N–H and O–H groups in total. The van der Waals surface area contributed by atoms with E-state index in [9.17, 15) is 5.11 Å². The minimum absolute atomic E-state index is 0.304. The second-order valence-corrected chi connectivity index (χ2v) is 3.29. The van der Waals surface area contributed by atoms with Gasteiger partial charge in [-0.1, -0.05) is 13.8 Å². The summed E-state index contributed by atoms with van der Waals surface area (Å²) >= 11 is 0. The van der Waals surface area contributed by atoms with Crippen molar-refractivity contribution in [2.45, 2.75) is 26.4 Å². The van der Waals surface area contributed by atoms with Gasteiger partial charge in [-0.2, -0.15) is 0 Å². The molecule has 1 atom stereocenters. The predicted molar refractivity (Wildman–Crippen MR) is 45.2 cm³/mol. The van der Waals surface area contributed by atoms with E-state index in [0.29, 0.717) is 5.92 Å². The summed E-state index contributed by atoms with van der Waals surface area (Å²) in [4.78, 5) is 2.92. The monoisotopic (exact) mass is 153 g/mol. The van der Waals surface area contributed by atoms with Gasteiger partial charge in [0.1, 0.15) is 0 Å². The van der Waals surface area contributed by atoms with Crippen molar-refractivity contribution in [1.29, 1.82) is 0 Å². The molecule has 0 saturated heterocycles. The van der Waals surface area contributed by atoms with E-state index in [0.717, 1.165) is 12.0 Å². The normalized spacial score (nSPS) is 13.8. The average Bonchev–Trinajstić information content (AvgIpc) is 2.35. The van der Waals surface area contributed by atoms with Crippen molar-refractivity contribution in [3.63, 3.8) is 0 Å². The first-order valence-corrected chi connectivity index (χ1v) is 4.01. The molecule has 0 radical (unpaired) electrons. The van der Waals surface area contributed by atoms with Gasteiger partial charge in [-0.15, -0.1) is 0 Å². The number of aromatic amines is 1. The van der Waals surface area contributed by atoms with Gasteiger partial charge in [0.2, 0.25) is 0 Å². The van der Waals surface area contributed by atoms with Gasteiger partial charge in [0, 0.05) is 12.4 Å². The van der Waals surface area contributed by atoms with E-state index in [1.165, 1.54) is 0 Å². The maximum Gasteiger partial charge on any atom is 0.0807 e.